The van der Waals surface area contributed by atoms with Crippen LogP contribution >= 0.6 is 27.3 Å². The molecule has 21 heavy (non-hydrogen) atoms. The summed E-state index contributed by atoms with van der Waals surface area (Å²) in [5.41, 5.74) is -0.636. The van der Waals surface area contributed by atoms with Crippen LogP contribution < -0.4 is 5.32 Å². The van der Waals surface area contributed by atoms with Crippen LogP contribution in [-0.4, -0.2) is 17.0 Å². The van der Waals surface area contributed by atoms with Crippen LogP contribution in [0, 0.1) is 5.82 Å². The van der Waals surface area contributed by atoms with Crippen LogP contribution in [0.15, 0.2) is 40.2 Å². The van der Waals surface area contributed by atoms with Gasteiger partial charge in [-0.05, 0) is 46.3 Å². The number of nitrogens with one attached hydrogen (secondary N) is 1. The number of hydrogen-bond donors (Lipinski definition) is 2. The summed E-state index contributed by atoms with van der Waals surface area (Å²) >= 11 is 4.75. The molecule has 1 amide bonds. The fourth-order valence-electron chi connectivity index (χ4n) is 1.60. The lowest BCUT2D eigenvalue weighted by Gasteiger charge is -2.06. The van der Waals surface area contributed by atoms with Crippen LogP contribution in [0.1, 0.15) is 15.2 Å². The summed E-state index contributed by atoms with van der Waals surface area (Å²) < 4.78 is 14.4. The Morgan fingerprint density at radius 3 is 2.67 bits per heavy atom. The number of anilines is 1. The highest BCUT2D eigenvalue weighted by atomic mass is 79.9. The molecule has 108 valence electrons. The first-order valence-corrected chi connectivity index (χ1v) is 7.34. The first kappa shape index (κ1) is 15.4. The lowest BCUT2D eigenvalue weighted by molar-refractivity contribution is -0.111. The fraction of sp³-hybridized carbons (Fsp3) is 0. The molecule has 2 aromatic rings. The quantitative estimate of drug-likeness (QED) is 0.800. The van der Waals surface area contributed by atoms with Crippen molar-refractivity contribution >= 4 is 50.9 Å². The van der Waals surface area contributed by atoms with Crippen molar-refractivity contribution in [2.24, 2.45) is 0 Å². The Balaban J connectivity index is 2.15. The van der Waals surface area contributed by atoms with Crippen molar-refractivity contribution in [3.8, 4) is 0 Å². The molecule has 2 N–H and O–H groups in total. The number of rotatable bonds is 4. The van der Waals surface area contributed by atoms with Crippen molar-refractivity contribution in [2.45, 2.75) is 0 Å². The van der Waals surface area contributed by atoms with Crippen molar-refractivity contribution in [2.75, 3.05) is 5.32 Å². The average molecular weight is 370 g/mol. The van der Waals surface area contributed by atoms with Crippen molar-refractivity contribution in [3.05, 3.63) is 56.5 Å². The first-order chi connectivity index (χ1) is 9.97. The largest absolute Gasteiger partial charge is 0.478 e. The normalized spacial score (nSPS) is 10.8. The molecule has 1 aromatic heterocycles. The zero-order valence-corrected chi connectivity index (χ0v) is 12.9. The third-order valence-corrected chi connectivity index (χ3v) is 4.07. The van der Waals surface area contributed by atoms with Gasteiger partial charge in [-0.15, -0.1) is 11.3 Å². The molecule has 0 aliphatic rings. The van der Waals surface area contributed by atoms with Crippen molar-refractivity contribution in [1.82, 2.24) is 0 Å². The number of thiophene rings is 1. The topological polar surface area (TPSA) is 66.4 Å². The summed E-state index contributed by atoms with van der Waals surface area (Å²) in [7, 11) is 0. The van der Waals surface area contributed by atoms with Crippen LogP contribution in [0.25, 0.3) is 6.08 Å². The van der Waals surface area contributed by atoms with Gasteiger partial charge in [0.05, 0.1) is 9.47 Å². The number of carbonyl (C=O) groups excluding carboxylic acids is 1. The minimum atomic E-state index is -1.44. The van der Waals surface area contributed by atoms with E-state index in [1.165, 1.54) is 29.5 Å². The predicted octanol–water partition coefficient (Wildman–Crippen LogP) is 4.00. The van der Waals surface area contributed by atoms with Crippen molar-refractivity contribution < 1.29 is 19.1 Å². The van der Waals surface area contributed by atoms with Gasteiger partial charge in [0, 0.05) is 11.0 Å². The molecule has 0 atom stereocenters. The Morgan fingerprint density at radius 1 is 1.29 bits per heavy atom. The Labute approximate surface area is 132 Å². The second-order valence-corrected chi connectivity index (χ2v) is 6.43. The molecule has 0 bridgehead atoms. The second kappa shape index (κ2) is 6.64. The van der Waals surface area contributed by atoms with Crippen molar-refractivity contribution in [1.29, 1.82) is 0 Å². The maximum Gasteiger partial charge on any atom is 0.340 e. The minimum Gasteiger partial charge on any atom is -0.478 e. The van der Waals surface area contributed by atoms with E-state index in [9.17, 15) is 14.0 Å². The summed E-state index contributed by atoms with van der Waals surface area (Å²) in [5, 5.41) is 11.3. The zero-order valence-electron chi connectivity index (χ0n) is 10.5. The van der Waals surface area contributed by atoms with E-state index in [1.54, 1.807) is 6.08 Å². The molecular formula is C14H9BrFNO3S. The van der Waals surface area contributed by atoms with Gasteiger partial charge in [-0.1, -0.05) is 6.07 Å². The van der Waals surface area contributed by atoms with E-state index in [2.05, 4.69) is 21.2 Å². The number of hydrogen-bond acceptors (Lipinski definition) is 3. The van der Waals surface area contributed by atoms with Gasteiger partial charge in [0.25, 0.3) is 0 Å². The molecule has 0 saturated carbocycles. The molecule has 1 aromatic carbocycles. The van der Waals surface area contributed by atoms with Gasteiger partial charge < -0.3 is 10.4 Å². The maximum absolute atomic E-state index is 13.5. The van der Waals surface area contributed by atoms with Crippen LogP contribution in [-0.2, 0) is 4.79 Å². The van der Waals surface area contributed by atoms with Gasteiger partial charge in [-0.3, -0.25) is 4.79 Å². The highest BCUT2D eigenvalue weighted by molar-refractivity contribution is 9.11. The van der Waals surface area contributed by atoms with Gasteiger partial charge in [-0.2, -0.15) is 0 Å². The molecule has 0 aliphatic carbocycles. The molecule has 7 heteroatoms. The molecule has 0 aliphatic heterocycles. The van der Waals surface area contributed by atoms with Gasteiger partial charge in [0.2, 0.25) is 5.91 Å². The Bertz CT molecular complexity index is 727. The monoisotopic (exact) mass is 369 g/mol. The Morgan fingerprint density at radius 2 is 2.05 bits per heavy atom. The molecule has 0 unspecified atom stereocenters. The third kappa shape index (κ3) is 3.99. The molecule has 0 fully saturated rings. The summed E-state index contributed by atoms with van der Waals surface area (Å²) in [5.74, 6) is -2.87. The van der Waals surface area contributed by atoms with Crippen LogP contribution in [0.5, 0.6) is 0 Å². The number of aromatic carboxylic acids is 1. The molecule has 4 nitrogen and oxygen atoms in total. The zero-order chi connectivity index (χ0) is 15.4. The number of carboxylic acid groups (broad SMARTS) is 1. The highest BCUT2D eigenvalue weighted by Crippen LogP contribution is 2.23. The standard InChI is InChI=1S/C14H9BrFNO3S/c15-11-6-4-8(21-11)5-7-12(18)17-10-3-1-2-9(16)13(10)14(19)20/h1-7H,(H,17,18)(H,19,20)/b7-5+. The number of carbonyl (C=O) groups is 2. The first-order valence-electron chi connectivity index (χ1n) is 5.73. The summed E-state index contributed by atoms with van der Waals surface area (Å²) in [6, 6.07) is 7.36. The summed E-state index contributed by atoms with van der Waals surface area (Å²) in [6.07, 6.45) is 2.85. The maximum atomic E-state index is 13.5. The van der Waals surface area contributed by atoms with Crippen LogP contribution in [0.2, 0.25) is 0 Å². The average Bonchev–Trinajstić information content (AvgIpc) is 2.82. The van der Waals surface area contributed by atoms with E-state index in [0.29, 0.717) is 0 Å². The molecule has 2 rings (SSSR count). The Kier molecular flexibility index (Phi) is 4.87. The Hall–Kier alpha value is -1.99. The van der Waals surface area contributed by atoms with E-state index in [4.69, 9.17) is 5.11 Å². The molecule has 0 saturated heterocycles. The van der Waals surface area contributed by atoms with Gasteiger partial charge in [0.15, 0.2) is 0 Å². The third-order valence-electron chi connectivity index (χ3n) is 2.48. The number of halogens is 2. The minimum absolute atomic E-state index is 0.0792. The highest BCUT2D eigenvalue weighted by Gasteiger charge is 2.16. The molecule has 0 radical (unpaired) electrons. The van der Waals surface area contributed by atoms with E-state index in [0.717, 1.165) is 14.7 Å². The van der Waals surface area contributed by atoms with Crippen LogP contribution in [0.3, 0.4) is 0 Å². The van der Waals surface area contributed by atoms with Gasteiger partial charge >= 0.3 is 5.97 Å². The number of carboxylic acids is 1. The molecule has 0 spiro atoms. The molecular weight excluding hydrogens is 361 g/mol. The number of amides is 1. The van der Waals surface area contributed by atoms with E-state index in [1.807, 2.05) is 12.1 Å². The fourth-order valence-corrected chi connectivity index (χ4v) is 2.92. The van der Waals surface area contributed by atoms with E-state index < -0.39 is 23.3 Å². The number of benzene rings is 1. The SMILES string of the molecule is O=C(/C=C/c1ccc(Br)s1)Nc1cccc(F)c1C(=O)O. The molecule has 1 heterocycles. The van der Waals surface area contributed by atoms with E-state index in [-0.39, 0.29) is 5.69 Å². The van der Waals surface area contributed by atoms with E-state index >= 15 is 0 Å². The predicted molar refractivity (Wildman–Crippen MR) is 83.0 cm³/mol. The van der Waals surface area contributed by atoms with Crippen molar-refractivity contribution in [3.63, 3.8) is 0 Å². The lowest BCUT2D eigenvalue weighted by atomic mass is 10.1. The smallest absolute Gasteiger partial charge is 0.340 e. The summed E-state index contributed by atoms with van der Waals surface area (Å²) in [6.45, 7) is 0. The van der Waals surface area contributed by atoms with Crippen LogP contribution in [0.4, 0.5) is 10.1 Å². The second-order valence-electron chi connectivity index (χ2n) is 3.93. The van der Waals surface area contributed by atoms with Gasteiger partial charge in [-0.25, -0.2) is 9.18 Å². The summed E-state index contributed by atoms with van der Waals surface area (Å²) in [4.78, 5) is 23.6. The lowest BCUT2D eigenvalue weighted by Crippen LogP contribution is -2.13. The van der Waals surface area contributed by atoms with Gasteiger partial charge in [0.1, 0.15) is 11.4 Å².